The predicted molar refractivity (Wildman–Crippen MR) is 99.7 cm³/mol. The molecule has 0 spiro atoms. The van der Waals surface area contributed by atoms with Crippen LogP contribution in [-0.4, -0.2) is 51.8 Å². The number of nitrogens with one attached hydrogen (secondary N) is 2. The first-order valence-corrected chi connectivity index (χ1v) is 8.57. The molecule has 2 aromatic rings. The minimum atomic E-state index is -0.450. The number of aliphatic hydroxyl groups excluding tert-OH is 1. The molecule has 0 unspecified atom stereocenters. The normalized spacial score (nSPS) is 21.4. The van der Waals surface area contributed by atoms with Gasteiger partial charge in [0.1, 0.15) is 11.6 Å². The molecule has 2 aliphatic rings. The summed E-state index contributed by atoms with van der Waals surface area (Å²) in [5.74, 6) is 0.842. The van der Waals surface area contributed by atoms with Crippen molar-refractivity contribution in [1.82, 2.24) is 20.3 Å². The summed E-state index contributed by atoms with van der Waals surface area (Å²) in [4.78, 5) is 15.1. The fourth-order valence-electron chi connectivity index (χ4n) is 3.52. The van der Waals surface area contributed by atoms with Crippen molar-refractivity contribution in [2.24, 2.45) is 0 Å². The Balaban J connectivity index is 0.00000196. The average Bonchev–Trinajstić information content (AvgIpc) is 2.96. The lowest BCUT2D eigenvalue weighted by Gasteiger charge is -2.33. The summed E-state index contributed by atoms with van der Waals surface area (Å²) in [5.41, 5.74) is 0.732. The molecule has 0 amide bonds. The number of aromatic nitrogens is 3. The number of aliphatic hydroxyl groups is 1. The van der Waals surface area contributed by atoms with E-state index in [9.17, 15) is 4.39 Å². The third kappa shape index (κ3) is 4.03. The van der Waals surface area contributed by atoms with Crippen LogP contribution in [0.15, 0.2) is 24.5 Å². The molecule has 3 N–H and O–H groups in total. The highest BCUT2D eigenvalue weighted by Crippen LogP contribution is 2.25. The second-order valence-electron chi connectivity index (χ2n) is 6.53. The summed E-state index contributed by atoms with van der Waals surface area (Å²) >= 11 is 0. The molecule has 0 saturated carbocycles. The SMILES string of the molecule is Cl.OCCc1ncc(Nc2nccc(N3C[C@H]4CC[C@@H](C3)N4)n2)cc1F. The molecule has 0 aromatic carbocycles. The van der Waals surface area contributed by atoms with Gasteiger partial charge in [-0.15, -0.1) is 12.4 Å². The molecule has 2 saturated heterocycles. The summed E-state index contributed by atoms with van der Waals surface area (Å²) in [6.07, 6.45) is 5.85. The standard InChI is InChI=1S/C17H21FN6O.ClH/c18-14-7-13(8-20-15(14)4-6-25)22-17-19-5-3-16(23-17)24-9-11-1-2-12(10-24)21-11;/h3,5,7-8,11-12,21,25H,1-2,4,6,9-10H2,(H,19,22,23);1H/t11-,12+;. The van der Waals surface area contributed by atoms with E-state index in [1.807, 2.05) is 6.07 Å². The van der Waals surface area contributed by atoms with Crippen molar-refractivity contribution < 1.29 is 9.50 Å². The fourth-order valence-corrected chi connectivity index (χ4v) is 3.52. The summed E-state index contributed by atoms with van der Waals surface area (Å²) in [6.45, 7) is 1.76. The van der Waals surface area contributed by atoms with Crippen LogP contribution < -0.4 is 15.5 Å². The van der Waals surface area contributed by atoms with Crippen molar-refractivity contribution in [2.75, 3.05) is 29.9 Å². The van der Waals surface area contributed by atoms with Crippen LogP contribution in [0.5, 0.6) is 0 Å². The number of pyridine rings is 1. The molecule has 2 bridgehead atoms. The highest BCUT2D eigenvalue weighted by atomic mass is 35.5. The number of anilines is 3. The van der Waals surface area contributed by atoms with E-state index in [0.29, 0.717) is 23.7 Å². The Hall–Kier alpha value is -2.03. The van der Waals surface area contributed by atoms with Crippen molar-refractivity contribution in [1.29, 1.82) is 0 Å². The Bertz CT molecular complexity index is 752. The molecule has 2 atom stereocenters. The smallest absolute Gasteiger partial charge is 0.229 e. The first kappa shape index (κ1) is 18.8. The molecule has 9 heteroatoms. The Morgan fingerprint density at radius 3 is 2.73 bits per heavy atom. The zero-order valence-electron chi connectivity index (χ0n) is 14.2. The van der Waals surface area contributed by atoms with Gasteiger partial charge in [-0.1, -0.05) is 0 Å². The first-order valence-electron chi connectivity index (χ1n) is 8.57. The summed E-state index contributed by atoms with van der Waals surface area (Å²) < 4.78 is 13.9. The zero-order chi connectivity index (χ0) is 17.2. The third-order valence-corrected chi connectivity index (χ3v) is 4.70. The highest BCUT2D eigenvalue weighted by molar-refractivity contribution is 5.85. The van der Waals surface area contributed by atoms with Crippen molar-refractivity contribution in [3.63, 3.8) is 0 Å². The number of hydrogen-bond donors (Lipinski definition) is 3. The van der Waals surface area contributed by atoms with Crippen molar-refractivity contribution >= 4 is 29.9 Å². The monoisotopic (exact) mass is 380 g/mol. The van der Waals surface area contributed by atoms with E-state index in [1.54, 1.807) is 6.20 Å². The number of piperazine rings is 1. The van der Waals surface area contributed by atoms with Crippen LogP contribution >= 0.6 is 12.4 Å². The maximum atomic E-state index is 13.9. The molecule has 0 radical (unpaired) electrons. The average molecular weight is 381 g/mol. The maximum absolute atomic E-state index is 13.9. The first-order chi connectivity index (χ1) is 12.2. The molecular formula is C17H22ClFN6O. The minimum Gasteiger partial charge on any atom is -0.396 e. The van der Waals surface area contributed by atoms with E-state index in [0.717, 1.165) is 18.9 Å². The second kappa shape index (κ2) is 8.11. The second-order valence-corrected chi connectivity index (χ2v) is 6.53. The maximum Gasteiger partial charge on any atom is 0.229 e. The van der Waals surface area contributed by atoms with Crippen molar-refractivity contribution in [3.8, 4) is 0 Å². The predicted octanol–water partition coefficient (Wildman–Crippen LogP) is 1.65. The lowest BCUT2D eigenvalue weighted by Crippen LogP contribution is -2.51. The summed E-state index contributed by atoms with van der Waals surface area (Å²) in [7, 11) is 0. The lowest BCUT2D eigenvalue weighted by molar-refractivity contribution is 0.296. The lowest BCUT2D eigenvalue weighted by atomic mass is 10.2. The molecule has 4 rings (SSSR count). The quantitative estimate of drug-likeness (QED) is 0.727. The number of hydrogen-bond acceptors (Lipinski definition) is 7. The van der Waals surface area contributed by atoms with Gasteiger partial charge in [0.2, 0.25) is 5.95 Å². The van der Waals surface area contributed by atoms with Gasteiger partial charge < -0.3 is 20.6 Å². The Kier molecular flexibility index (Phi) is 5.85. The molecule has 140 valence electrons. The molecule has 2 aromatic heterocycles. The van der Waals surface area contributed by atoms with E-state index >= 15 is 0 Å². The topological polar surface area (TPSA) is 86.2 Å². The van der Waals surface area contributed by atoms with Gasteiger partial charge in [0, 0.05) is 50.5 Å². The van der Waals surface area contributed by atoms with Gasteiger partial charge in [-0.05, 0) is 18.9 Å². The van der Waals surface area contributed by atoms with Gasteiger partial charge in [-0.2, -0.15) is 4.98 Å². The van der Waals surface area contributed by atoms with E-state index in [1.165, 1.54) is 25.1 Å². The number of halogens is 2. The molecule has 26 heavy (non-hydrogen) atoms. The van der Waals surface area contributed by atoms with Crippen LogP contribution in [0.1, 0.15) is 18.5 Å². The minimum absolute atomic E-state index is 0. The molecular weight excluding hydrogens is 359 g/mol. The summed E-state index contributed by atoms with van der Waals surface area (Å²) in [6, 6.07) is 4.31. The molecule has 2 aliphatic heterocycles. The molecule has 4 heterocycles. The van der Waals surface area contributed by atoms with Gasteiger partial charge >= 0.3 is 0 Å². The van der Waals surface area contributed by atoms with Gasteiger partial charge in [0.05, 0.1) is 17.6 Å². The third-order valence-electron chi connectivity index (χ3n) is 4.70. The van der Waals surface area contributed by atoms with Crippen LogP contribution in [0.2, 0.25) is 0 Å². The van der Waals surface area contributed by atoms with Gasteiger partial charge in [0.15, 0.2) is 0 Å². The highest BCUT2D eigenvalue weighted by Gasteiger charge is 2.32. The van der Waals surface area contributed by atoms with Crippen molar-refractivity contribution in [2.45, 2.75) is 31.3 Å². The largest absolute Gasteiger partial charge is 0.396 e. The Labute approximate surface area is 157 Å². The Morgan fingerprint density at radius 2 is 2.04 bits per heavy atom. The number of nitrogens with zero attached hydrogens (tertiary/aromatic N) is 4. The summed E-state index contributed by atoms with van der Waals surface area (Å²) in [5, 5.41) is 15.5. The van der Waals surface area contributed by atoms with Crippen molar-refractivity contribution in [3.05, 3.63) is 36.0 Å². The Morgan fingerprint density at radius 1 is 1.27 bits per heavy atom. The van der Waals surface area contributed by atoms with Gasteiger partial charge in [-0.3, -0.25) is 4.98 Å². The van der Waals surface area contributed by atoms with Crippen LogP contribution in [0.3, 0.4) is 0 Å². The van der Waals surface area contributed by atoms with Crippen LogP contribution in [0, 0.1) is 5.82 Å². The number of fused-ring (bicyclic) bond motifs is 2. The van der Waals surface area contributed by atoms with E-state index in [4.69, 9.17) is 5.11 Å². The van der Waals surface area contributed by atoms with E-state index in [-0.39, 0.29) is 31.1 Å². The van der Waals surface area contributed by atoms with E-state index in [2.05, 4.69) is 30.5 Å². The van der Waals surface area contributed by atoms with Crippen LogP contribution in [0.25, 0.3) is 0 Å². The van der Waals surface area contributed by atoms with Crippen LogP contribution in [0.4, 0.5) is 21.8 Å². The number of rotatable bonds is 5. The molecule has 0 aliphatic carbocycles. The zero-order valence-corrected chi connectivity index (χ0v) is 15.0. The molecule has 2 fully saturated rings. The fraction of sp³-hybridized carbons (Fsp3) is 0.471. The van der Waals surface area contributed by atoms with E-state index < -0.39 is 5.82 Å². The van der Waals surface area contributed by atoms with Crippen LogP contribution in [-0.2, 0) is 6.42 Å². The van der Waals surface area contributed by atoms with Gasteiger partial charge in [0.25, 0.3) is 0 Å². The molecule has 7 nitrogen and oxygen atoms in total. The van der Waals surface area contributed by atoms with Gasteiger partial charge in [-0.25, -0.2) is 9.37 Å².